The van der Waals surface area contributed by atoms with Gasteiger partial charge >= 0.3 is 0 Å². The molecule has 1 unspecified atom stereocenters. The minimum absolute atomic E-state index is 0.0626. The van der Waals surface area contributed by atoms with E-state index < -0.39 is 11.1 Å². The largest absolute Gasteiger partial charge is 0.323 e. The second-order valence-corrected chi connectivity index (χ2v) is 5.29. The minimum atomic E-state index is -0.552. The van der Waals surface area contributed by atoms with Gasteiger partial charge in [0, 0.05) is 0 Å². The Kier molecular flexibility index (Phi) is 5.10. The predicted octanol–water partition coefficient (Wildman–Crippen LogP) is 4.03. The Morgan fingerprint density at radius 1 is 1.35 bits per heavy atom. The Hall–Kier alpha value is -0.450. The fourth-order valence-corrected chi connectivity index (χ4v) is 1.78. The van der Waals surface area contributed by atoms with Gasteiger partial charge < -0.3 is 5.32 Å². The van der Waals surface area contributed by atoms with Crippen molar-refractivity contribution in [3.63, 3.8) is 0 Å². The van der Waals surface area contributed by atoms with Crippen molar-refractivity contribution in [3.05, 3.63) is 28.0 Å². The molecule has 0 radical (unpaired) electrons. The van der Waals surface area contributed by atoms with Gasteiger partial charge in [0.25, 0.3) is 0 Å². The smallest absolute Gasteiger partial charge is 0.237 e. The maximum atomic E-state index is 12.9. The molecule has 1 rings (SSSR count). The molecule has 0 saturated heterocycles. The first kappa shape index (κ1) is 14.6. The maximum Gasteiger partial charge on any atom is 0.237 e. The van der Waals surface area contributed by atoms with Gasteiger partial charge in [0.05, 0.1) is 21.0 Å². The van der Waals surface area contributed by atoms with Crippen molar-refractivity contribution in [1.29, 1.82) is 0 Å². The van der Waals surface area contributed by atoms with Gasteiger partial charge in [0.2, 0.25) is 5.91 Å². The summed E-state index contributed by atoms with van der Waals surface area (Å²) in [7, 11) is 0. The highest BCUT2D eigenvalue weighted by atomic mass is 35.5. The molecule has 6 heteroatoms. The van der Waals surface area contributed by atoms with Crippen LogP contribution in [0.25, 0.3) is 0 Å². The second-order valence-electron chi connectivity index (χ2n) is 3.92. The molecule has 1 aromatic rings. The summed E-state index contributed by atoms with van der Waals surface area (Å²) in [4.78, 5) is 11.7. The Balaban J connectivity index is 2.93. The molecule has 0 fully saturated rings. The standard InChI is InChI=1S/C11H12Cl2FNOS/c1-5(2)10(17)11(16)15-9-7(12)3-6(14)4-8(9)13/h3-5,10,17H,1-2H3,(H,15,16). The Bertz CT molecular complexity index is 416. The zero-order chi connectivity index (χ0) is 13.2. The lowest BCUT2D eigenvalue weighted by atomic mass is 10.1. The molecule has 1 aromatic carbocycles. The summed E-state index contributed by atoms with van der Waals surface area (Å²) < 4.78 is 12.9. The van der Waals surface area contributed by atoms with E-state index in [9.17, 15) is 9.18 Å². The van der Waals surface area contributed by atoms with Crippen LogP contribution in [0.1, 0.15) is 13.8 Å². The molecular weight excluding hydrogens is 284 g/mol. The molecule has 0 aliphatic heterocycles. The third-order valence-corrected chi connectivity index (χ3v) is 3.58. The molecular formula is C11H12Cl2FNOS. The van der Waals surface area contributed by atoms with Crippen LogP contribution in [0.15, 0.2) is 12.1 Å². The monoisotopic (exact) mass is 295 g/mol. The van der Waals surface area contributed by atoms with Crippen molar-refractivity contribution >= 4 is 47.4 Å². The number of thiol groups is 1. The summed E-state index contributed by atoms with van der Waals surface area (Å²) in [6, 6.07) is 2.18. The van der Waals surface area contributed by atoms with Crippen LogP contribution in [-0.4, -0.2) is 11.2 Å². The molecule has 0 saturated carbocycles. The molecule has 2 nitrogen and oxygen atoms in total. The number of rotatable bonds is 3. The van der Waals surface area contributed by atoms with Crippen molar-refractivity contribution in [3.8, 4) is 0 Å². The SMILES string of the molecule is CC(C)C(S)C(=O)Nc1c(Cl)cc(F)cc1Cl. The molecule has 0 bridgehead atoms. The first-order valence-corrected chi connectivity index (χ1v) is 6.23. The van der Waals surface area contributed by atoms with Gasteiger partial charge in [-0.15, -0.1) is 0 Å². The van der Waals surface area contributed by atoms with E-state index in [2.05, 4.69) is 17.9 Å². The number of benzene rings is 1. The molecule has 0 spiro atoms. The highest BCUT2D eigenvalue weighted by molar-refractivity contribution is 7.81. The van der Waals surface area contributed by atoms with E-state index in [0.717, 1.165) is 12.1 Å². The Morgan fingerprint density at radius 3 is 2.24 bits per heavy atom. The zero-order valence-electron chi connectivity index (χ0n) is 9.30. The highest BCUT2D eigenvalue weighted by Crippen LogP contribution is 2.31. The number of nitrogens with one attached hydrogen (secondary N) is 1. The predicted molar refractivity (Wildman–Crippen MR) is 72.7 cm³/mol. The lowest BCUT2D eigenvalue weighted by Crippen LogP contribution is -2.27. The van der Waals surface area contributed by atoms with E-state index in [1.165, 1.54) is 0 Å². The topological polar surface area (TPSA) is 29.1 Å². The van der Waals surface area contributed by atoms with Gasteiger partial charge in [-0.25, -0.2) is 4.39 Å². The van der Waals surface area contributed by atoms with Crippen LogP contribution in [-0.2, 0) is 4.79 Å². The van der Waals surface area contributed by atoms with Crippen molar-refractivity contribution in [2.45, 2.75) is 19.1 Å². The van der Waals surface area contributed by atoms with Crippen molar-refractivity contribution in [1.82, 2.24) is 0 Å². The van der Waals surface area contributed by atoms with Gasteiger partial charge in [0.15, 0.2) is 0 Å². The van der Waals surface area contributed by atoms with Crippen molar-refractivity contribution in [2.24, 2.45) is 5.92 Å². The number of amides is 1. The molecule has 1 amide bonds. The molecule has 0 aromatic heterocycles. The summed E-state index contributed by atoms with van der Waals surface area (Å²) in [6.45, 7) is 3.73. The highest BCUT2D eigenvalue weighted by Gasteiger charge is 2.20. The third kappa shape index (κ3) is 3.76. The van der Waals surface area contributed by atoms with Crippen LogP contribution in [0.3, 0.4) is 0 Å². The molecule has 0 aliphatic rings. The van der Waals surface area contributed by atoms with E-state index in [1.807, 2.05) is 13.8 Å². The van der Waals surface area contributed by atoms with Crippen LogP contribution in [0.2, 0.25) is 10.0 Å². The van der Waals surface area contributed by atoms with Gasteiger partial charge in [-0.3, -0.25) is 4.79 Å². The normalized spacial score (nSPS) is 12.6. The lowest BCUT2D eigenvalue weighted by molar-refractivity contribution is -0.116. The number of hydrogen-bond donors (Lipinski definition) is 2. The molecule has 0 heterocycles. The number of anilines is 1. The zero-order valence-corrected chi connectivity index (χ0v) is 11.7. The Morgan fingerprint density at radius 2 is 1.82 bits per heavy atom. The van der Waals surface area contributed by atoms with Gasteiger partial charge in [-0.05, 0) is 18.1 Å². The number of carbonyl (C=O) groups is 1. The number of hydrogen-bond acceptors (Lipinski definition) is 2. The summed E-state index contributed by atoms with van der Waals surface area (Å²) in [5.41, 5.74) is 0.208. The summed E-state index contributed by atoms with van der Waals surface area (Å²) in [5.74, 6) is -0.806. The van der Waals surface area contributed by atoms with Crippen LogP contribution in [0.5, 0.6) is 0 Å². The lowest BCUT2D eigenvalue weighted by Gasteiger charge is -2.16. The first-order chi connectivity index (χ1) is 7.82. The molecule has 17 heavy (non-hydrogen) atoms. The van der Waals surface area contributed by atoms with Crippen molar-refractivity contribution < 1.29 is 9.18 Å². The minimum Gasteiger partial charge on any atom is -0.323 e. The second kappa shape index (κ2) is 5.94. The maximum absolute atomic E-state index is 12.9. The average Bonchev–Trinajstić information content (AvgIpc) is 2.21. The van der Waals surface area contributed by atoms with Crippen LogP contribution >= 0.6 is 35.8 Å². The fourth-order valence-electron chi connectivity index (χ4n) is 1.16. The molecule has 1 atom stereocenters. The number of halogens is 3. The van der Waals surface area contributed by atoms with E-state index in [0.29, 0.717) is 0 Å². The van der Waals surface area contributed by atoms with Gasteiger partial charge in [0.1, 0.15) is 5.82 Å². The van der Waals surface area contributed by atoms with Gasteiger partial charge in [-0.2, -0.15) is 12.6 Å². The van der Waals surface area contributed by atoms with Crippen molar-refractivity contribution in [2.75, 3.05) is 5.32 Å². The van der Waals surface area contributed by atoms with E-state index >= 15 is 0 Å². The average molecular weight is 296 g/mol. The third-order valence-electron chi connectivity index (χ3n) is 2.16. The van der Waals surface area contributed by atoms with Crippen LogP contribution in [0, 0.1) is 11.7 Å². The molecule has 0 aliphatic carbocycles. The van der Waals surface area contributed by atoms with E-state index in [-0.39, 0.29) is 27.6 Å². The molecule has 1 N–H and O–H groups in total. The number of carbonyl (C=O) groups excluding carboxylic acids is 1. The fraction of sp³-hybridized carbons (Fsp3) is 0.364. The van der Waals surface area contributed by atoms with E-state index in [4.69, 9.17) is 23.2 Å². The van der Waals surface area contributed by atoms with Gasteiger partial charge in [-0.1, -0.05) is 37.0 Å². The molecule has 94 valence electrons. The quantitative estimate of drug-likeness (QED) is 0.810. The first-order valence-electron chi connectivity index (χ1n) is 4.96. The van der Waals surface area contributed by atoms with Crippen LogP contribution in [0.4, 0.5) is 10.1 Å². The Labute approximate surface area is 115 Å². The summed E-state index contributed by atoms with van der Waals surface area (Å²) >= 11 is 15.8. The summed E-state index contributed by atoms with van der Waals surface area (Å²) in [6.07, 6.45) is 0. The van der Waals surface area contributed by atoms with E-state index in [1.54, 1.807) is 0 Å². The van der Waals surface area contributed by atoms with Crippen LogP contribution < -0.4 is 5.32 Å². The summed E-state index contributed by atoms with van der Waals surface area (Å²) in [5, 5.41) is 2.19.